The molecule has 106 valence electrons. The number of hydrogen-bond acceptors (Lipinski definition) is 4. The van der Waals surface area contributed by atoms with Gasteiger partial charge in [-0.1, -0.05) is 20.8 Å². The molecular weight excluding hydrogens is 244 g/mol. The predicted octanol–water partition coefficient (Wildman–Crippen LogP) is 2.02. The number of esters is 2. The summed E-state index contributed by atoms with van der Waals surface area (Å²) in [4.78, 5) is 24.3. The minimum atomic E-state index is -0.311. The molecule has 19 heavy (non-hydrogen) atoms. The van der Waals surface area contributed by atoms with Gasteiger partial charge in [0.15, 0.2) is 0 Å². The fourth-order valence-corrected chi connectivity index (χ4v) is 4.63. The van der Waals surface area contributed by atoms with Crippen molar-refractivity contribution in [2.45, 2.75) is 39.7 Å². The Morgan fingerprint density at radius 3 is 2.53 bits per heavy atom. The van der Waals surface area contributed by atoms with Crippen LogP contribution in [0.2, 0.25) is 0 Å². The molecule has 1 spiro atoms. The van der Waals surface area contributed by atoms with Crippen LogP contribution in [0.5, 0.6) is 0 Å². The molecule has 5 unspecified atom stereocenters. The summed E-state index contributed by atoms with van der Waals surface area (Å²) in [5, 5.41) is 0. The molecule has 0 N–H and O–H groups in total. The van der Waals surface area contributed by atoms with Gasteiger partial charge in [0.05, 0.1) is 18.9 Å². The average Bonchev–Trinajstić information content (AvgIpc) is 3.04. The molecule has 0 amide bonds. The van der Waals surface area contributed by atoms with E-state index in [-0.39, 0.29) is 47.1 Å². The van der Waals surface area contributed by atoms with Gasteiger partial charge in [0.25, 0.3) is 0 Å². The Bertz CT molecular complexity index is 424. The van der Waals surface area contributed by atoms with Crippen LogP contribution in [-0.2, 0) is 19.1 Å². The van der Waals surface area contributed by atoms with Crippen LogP contribution in [0.15, 0.2) is 0 Å². The van der Waals surface area contributed by atoms with Crippen LogP contribution in [0.25, 0.3) is 0 Å². The zero-order valence-corrected chi connectivity index (χ0v) is 12.0. The molecule has 0 aromatic heterocycles. The first-order valence-corrected chi connectivity index (χ1v) is 7.22. The molecule has 5 atom stereocenters. The van der Waals surface area contributed by atoms with Crippen molar-refractivity contribution in [3.05, 3.63) is 0 Å². The van der Waals surface area contributed by atoms with Gasteiger partial charge in [0.2, 0.25) is 0 Å². The Morgan fingerprint density at radius 1 is 1.42 bits per heavy atom. The van der Waals surface area contributed by atoms with Gasteiger partial charge < -0.3 is 9.47 Å². The highest BCUT2D eigenvalue weighted by atomic mass is 16.6. The molecule has 1 saturated heterocycles. The summed E-state index contributed by atoms with van der Waals surface area (Å²) in [6.45, 7) is 6.29. The van der Waals surface area contributed by atoms with E-state index in [0.29, 0.717) is 5.92 Å². The van der Waals surface area contributed by atoms with Crippen molar-refractivity contribution in [1.82, 2.24) is 0 Å². The minimum Gasteiger partial charge on any atom is -0.469 e. The van der Waals surface area contributed by atoms with E-state index in [1.54, 1.807) is 0 Å². The quantitative estimate of drug-likeness (QED) is 0.718. The first-order chi connectivity index (χ1) is 8.94. The number of rotatable bonds is 2. The number of hydrogen-bond donors (Lipinski definition) is 0. The molecule has 0 radical (unpaired) electrons. The predicted molar refractivity (Wildman–Crippen MR) is 68.0 cm³/mol. The van der Waals surface area contributed by atoms with Crippen LogP contribution in [0.3, 0.4) is 0 Å². The maximum atomic E-state index is 12.2. The Kier molecular flexibility index (Phi) is 2.70. The SMILES string of the molecule is COC(=O)C1C2C(=O)OC(C(C)C)C2C2(CC2)C1C. The fraction of sp³-hybridized carbons (Fsp3) is 0.867. The average molecular weight is 266 g/mol. The smallest absolute Gasteiger partial charge is 0.310 e. The summed E-state index contributed by atoms with van der Waals surface area (Å²) >= 11 is 0. The van der Waals surface area contributed by atoms with E-state index >= 15 is 0 Å². The highest BCUT2D eigenvalue weighted by Gasteiger charge is 2.73. The van der Waals surface area contributed by atoms with Crippen molar-refractivity contribution in [2.24, 2.45) is 35.0 Å². The second kappa shape index (κ2) is 3.97. The molecule has 4 nitrogen and oxygen atoms in total. The van der Waals surface area contributed by atoms with Crippen LogP contribution >= 0.6 is 0 Å². The van der Waals surface area contributed by atoms with E-state index < -0.39 is 0 Å². The minimum absolute atomic E-state index is 0.0305. The highest BCUT2D eigenvalue weighted by Crippen LogP contribution is 2.71. The summed E-state index contributed by atoms with van der Waals surface area (Å²) in [5.41, 5.74) is 0.143. The van der Waals surface area contributed by atoms with Gasteiger partial charge >= 0.3 is 11.9 Å². The maximum absolute atomic E-state index is 12.2. The van der Waals surface area contributed by atoms with E-state index in [9.17, 15) is 9.59 Å². The second-order valence-electron chi connectivity index (χ2n) is 6.77. The topological polar surface area (TPSA) is 52.6 Å². The van der Waals surface area contributed by atoms with Gasteiger partial charge in [0.1, 0.15) is 6.10 Å². The van der Waals surface area contributed by atoms with Crippen molar-refractivity contribution < 1.29 is 19.1 Å². The van der Waals surface area contributed by atoms with Gasteiger partial charge in [-0.25, -0.2) is 0 Å². The Labute approximate surface area is 113 Å². The lowest BCUT2D eigenvalue weighted by atomic mass is 9.78. The normalized spacial score (nSPS) is 42.4. The Hall–Kier alpha value is -1.06. The number of carbonyl (C=O) groups excluding carboxylic acids is 2. The lowest BCUT2D eigenvalue weighted by Gasteiger charge is -2.28. The molecule has 2 aliphatic carbocycles. The molecule has 0 bridgehead atoms. The van der Waals surface area contributed by atoms with Crippen molar-refractivity contribution >= 4 is 11.9 Å². The number of carbonyl (C=O) groups is 2. The lowest BCUT2D eigenvalue weighted by molar-refractivity contribution is -0.156. The van der Waals surface area contributed by atoms with Crippen LogP contribution in [-0.4, -0.2) is 25.2 Å². The van der Waals surface area contributed by atoms with Crippen molar-refractivity contribution in [3.8, 4) is 0 Å². The standard InChI is InChI=1S/C15H22O4/c1-7(2)12-11-10(14(17)19-12)9(13(16)18-4)8(3)15(11)5-6-15/h7-12H,5-6H2,1-4H3. The van der Waals surface area contributed by atoms with Crippen LogP contribution in [0.1, 0.15) is 33.6 Å². The van der Waals surface area contributed by atoms with Crippen LogP contribution in [0.4, 0.5) is 0 Å². The van der Waals surface area contributed by atoms with E-state index in [1.807, 2.05) is 0 Å². The summed E-state index contributed by atoms with van der Waals surface area (Å²) in [6, 6.07) is 0. The first-order valence-electron chi connectivity index (χ1n) is 7.22. The summed E-state index contributed by atoms with van der Waals surface area (Å²) in [5.74, 6) is -0.281. The van der Waals surface area contributed by atoms with Gasteiger partial charge in [-0.3, -0.25) is 9.59 Å². The van der Waals surface area contributed by atoms with Crippen molar-refractivity contribution in [3.63, 3.8) is 0 Å². The van der Waals surface area contributed by atoms with E-state index in [2.05, 4.69) is 20.8 Å². The summed E-state index contributed by atoms with van der Waals surface area (Å²) < 4.78 is 10.5. The number of methoxy groups -OCH3 is 1. The molecule has 1 heterocycles. The fourth-order valence-electron chi connectivity index (χ4n) is 4.63. The highest BCUT2D eigenvalue weighted by molar-refractivity contribution is 5.85. The molecular formula is C15H22O4. The Balaban J connectivity index is 2.01. The maximum Gasteiger partial charge on any atom is 0.310 e. The van der Waals surface area contributed by atoms with Gasteiger partial charge in [0, 0.05) is 5.92 Å². The van der Waals surface area contributed by atoms with Crippen molar-refractivity contribution in [1.29, 1.82) is 0 Å². The third kappa shape index (κ3) is 1.52. The van der Waals surface area contributed by atoms with Crippen molar-refractivity contribution in [2.75, 3.05) is 7.11 Å². The third-order valence-electron chi connectivity index (χ3n) is 5.72. The molecule has 0 aromatic rings. The molecule has 2 saturated carbocycles. The summed E-state index contributed by atoms with van der Waals surface area (Å²) in [6.07, 6.45) is 2.20. The largest absolute Gasteiger partial charge is 0.469 e. The van der Waals surface area contributed by atoms with Crippen LogP contribution < -0.4 is 0 Å². The zero-order chi connectivity index (χ0) is 13.9. The molecule has 1 aliphatic heterocycles. The number of cyclic esters (lactones) is 1. The molecule has 3 aliphatic rings. The number of fused-ring (bicyclic) bond motifs is 2. The van der Waals surface area contributed by atoms with E-state index in [4.69, 9.17) is 9.47 Å². The summed E-state index contributed by atoms with van der Waals surface area (Å²) in [7, 11) is 1.40. The second-order valence-corrected chi connectivity index (χ2v) is 6.77. The molecule has 3 rings (SSSR count). The van der Waals surface area contributed by atoms with Crippen LogP contribution in [0, 0.1) is 35.0 Å². The zero-order valence-electron chi connectivity index (χ0n) is 12.0. The molecule has 3 fully saturated rings. The van der Waals surface area contributed by atoms with Gasteiger partial charge in [-0.05, 0) is 30.1 Å². The van der Waals surface area contributed by atoms with Gasteiger partial charge in [-0.2, -0.15) is 0 Å². The monoisotopic (exact) mass is 266 g/mol. The molecule has 0 aromatic carbocycles. The Morgan fingerprint density at radius 2 is 2.05 bits per heavy atom. The lowest BCUT2D eigenvalue weighted by Crippen LogP contribution is -2.30. The van der Waals surface area contributed by atoms with E-state index in [0.717, 1.165) is 12.8 Å². The number of ether oxygens (including phenoxy) is 2. The third-order valence-corrected chi connectivity index (χ3v) is 5.72. The first kappa shape index (κ1) is 12.9. The molecule has 4 heteroatoms. The van der Waals surface area contributed by atoms with E-state index in [1.165, 1.54) is 7.11 Å². The van der Waals surface area contributed by atoms with Gasteiger partial charge in [-0.15, -0.1) is 0 Å².